The van der Waals surface area contributed by atoms with Gasteiger partial charge in [0.1, 0.15) is 0 Å². The molecule has 0 saturated carbocycles. The Bertz CT molecular complexity index is 2180. The number of rotatable bonds is 3. The number of Topliss-reactive ketones (excluding diaryl/α,β-unsaturated/α-hetero) is 1. The minimum atomic E-state index is -0.219. The Kier molecular flexibility index (Phi) is 11.6. The Morgan fingerprint density at radius 3 is 1.74 bits per heavy atom. The van der Waals surface area contributed by atoms with Crippen LogP contribution in [-0.2, 0) is 10.8 Å². The number of aromatic nitrogens is 2. The smallest absolute Gasteiger partial charge is 0.857 e. The van der Waals surface area contributed by atoms with E-state index in [1.165, 1.54) is 16.7 Å². The second-order valence-electron chi connectivity index (χ2n) is 13.1. The zero-order chi connectivity index (χ0) is 34.8. The van der Waals surface area contributed by atoms with Gasteiger partial charge in [0.15, 0.2) is 11.6 Å². The SMILES string of the molecule is CC1(C)/C(=C\c2ccccc2)C(=O)c2ccccc21.CC1(C)c2ccccc2-c2nc(-c3cccc(Br)c3)nc(-c3ccccc3)c21.C[O-].[Na+]. The number of benzene rings is 5. The van der Waals surface area contributed by atoms with Crippen molar-refractivity contribution in [1.29, 1.82) is 0 Å². The molecule has 0 aliphatic heterocycles. The van der Waals surface area contributed by atoms with Crippen LogP contribution in [0.15, 0.2) is 144 Å². The van der Waals surface area contributed by atoms with Crippen molar-refractivity contribution in [3.63, 3.8) is 0 Å². The quantitative estimate of drug-likeness (QED) is 0.144. The predicted octanol–water partition coefficient (Wildman–Crippen LogP) is 7.10. The molecule has 6 heteroatoms. The van der Waals surface area contributed by atoms with Gasteiger partial charge >= 0.3 is 29.6 Å². The minimum Gasteiger partial charge on any atom is -0.857 e. The summed E-state index contributed by atoms with van der Waals surface area (Å²) in [6, 6.07) is 45.1. The molecule has 244 valence electrons. The van der Waals surface area contributed by atoms with Gasteiger partial charge < -0.3 is 5.11 Å². The summed E-state index contributed by atoms with van der Waals surface area (Å²) >= 11 is 3.57. The number of nitrogens with zero attached hydrogens (tertiary/aromatic N) is 2. The van der Waals surface area contributed by atoms with Crippen molar-refractivity contribution in [3.8, 4) is 33.9 Å². The summed E-state index contributed by atoms with van der Waals surface area (Å²) in [5.41, 5.74) is 11.5. The Balaban J connectivity index is 0.000000194. The molecule has 0 radical (unpaired) electrons. The minimum absolute atomic E-state index is 0. The molecule has 0 saturated heterocycles. The summed E-state index contributed by atoms with van der Waals surface area (Å²) < 4.78 is 1.02. The van der Waals surface area contributed by atoms with E-state index in [4.69, 9.17) is 15.1 Å². The Labute approximate surface area is 325 Å². The third-order valence-electron chi connectivity index (χ3n) is 9.39. The third kappa shape index (κ3) is 6.99. The molecule has 0 unspecified atom stereocenters. The van der Waals surface area contributed by atoms with Crippen LogP contribution in [0.2, 0.25) is 0 Å². The molecule has 0 N–H and O–H groups in total. The first kappa shape index (κ1) is 37.3. The Morgan fingerprint density at radius 2 is 1.12 bits per heavy atom. The number of fused-ring (bicyclic) bond motifs is 4. The van der Waals surface area contributed by atoms with Crippen molar-refractivity contribution in [2.75, 3.05) is 7.11 Å². The van der Waals surface area contributed by atoms with Gasteiger partial charge in [-0.3, -0.25) is 4.79 Å². The predicted molar refractivity (Wildman–Crippen MR) is 202 cm³/mol. The van der Waals surface area contributed by atoms with E-state index in [1.807, 2.05) is 72.8 Å². The first-order chi connectivity index (χ1) is 23.7. The maximum atomic E-state index is 12.5. The molecular formula is C44H38BrN2NaO2. The van der Waals surface area contributed by atoms with Crippen LogP contribution in [0.4, 0.5) is 0 Å². The standard InChI is InChI=1S/C25H19BrN2.C18H16O.CH3O.Na/c1-25(2)20-14-7-6-13-19(20)23-21(25)22(16-9-4-3-5-10-16)27-24(28-23)17-11-8-12-18(26)15-17;1-18(2)15-11-7-6-10-14(15)17(19)16(18)12-13-8-4-3-5-9-13;1-2;/h3-15H,1-2H3;3-12H,1-2H3;1H3;/q;;-1;+1/b;16-12-;;. The number of halogens is 1. The first-order valence-corrected chi connectivity index (χ1v) is 17.1. The average Bonchev–Trinajstić information content (AvgIpc) is 3.48. The zero-order valence-corrected chi connectivity index (χ0v) is 33.0. The van der Waals surface area contributed by atoms with Crippen molar-refractivity contribution in [3.05, 3.63) is 171 Å². The van der Waals surface area contributed by atoms with E-state index in [2.05, 4.69) is 110 Å². The van der Waals surface area contributed by atoms with E-state index < -0.39 is 0 Å². The largest absolute Gasteiger partial charge is 1.00 e. The van der Waals surface area contributed by atoms with Crippen molar-refractivity contribution in [2.24, 2.45) is 0 Å². The van der Waals surface area contributed by atoms with Gasteiger partial charge in [0.25, 0.3) is 0 Å². The molecule has 4 nitrogen and oxygen atoms in total. The first-order valence-electron chi connectivity index (χ1n) is 16.3. The van der Waals surface area contributed by atoms with Crippen LogP contribution >= 0.6 is 15.9 Å². The van der Waals surface area contributed by atoms with Crippen molar-refractivity contribution >= 4 is 27.8 Å². The summed E-state index contributed by atoms with van der Waals surface area (Å²) in [7, 11) is 0.750. The van der Waals surface area contributed by atoms with Crippen LogP contribution in [0.5, 0.6) is 0 Å². The van der Waals surface area contributed by atoms with Gasteiger partial charge in [0.05, 0.1) is 11.4 Å². The van der Waals surface area contributed by atoms with Crippen LogP contribution in [0.3, 0.4) is 0 Å². The Morgan fingerprint density at radius 1 is 0.600 bits per heavy atom. The average molecular weight is 730 g/mol. The van der Waals surface area contributed by atoms with Crippen molar-refractivity contribution < 1.29 is 39.5 Å². The van der Waals surface area contributed by atoms with Crippen molar-refractivity contribution in [1.82, 2.24) is 9.97 Å². The molecular weight excluding hydrogens is 691 g/mol. The fraction of sp³-hybridized carbons (Fsp3) is 0.159. The van der Waals surface area contributed by atoms with Gasteiger partial charge in [0.2, 0.25) is 0 Å². The molecule has 6 aromatic rings. The van der Waals surface area contributed by atoms with E-state index >= 15 is 0 Å². The van der Waals surface area contributed by atoms with Crippen LogP contribution in [0, 0.1) is 0 Å². The van der Waals surface area contributed by atoms with E-state index in [9.17, 15) is 4.79 Å². The van der Waals surface area contributed by atoms with Crippen molar-refractivity contribution in [2.45, 2.75) is 38.5 Å². The summed E-state index contributed by atoms with van der Waals surface area (Å²) in [4.78, 5) is 22.7. The third-order valence-corrected chi connectivity index (χ3v) is 9.89. The molecule has 0 fully saturated rings. The number of allylic oxidation sites excluding steroid dienone is 1. The molecule has 0 bridgehead atoms. The maximum Gasteiger partial charge on any atom is 1.00 e. The van der Waals surface area contributed by atoms with E-state index in [1.54, 1.807) is 0 Å². The number of carbonyl (C=O) groups excluding carboxylic acids is 1. The van der Waals surface area contributed by atoms with Gasteiger partial charge in [0, 0.05) is 48.7 Å². The molecule has 5 aromatic carbocycles. The summed E-state index contributed by atoms with van der Waals surface area (Å²) in [5, 5.41) is 8.25. The Hall–Kier alpha value is -3.97. The number of hydrogen-bond donors (Lipinski definition) is 0. The topological polar surface area (TPSA) is 65.9 Å². The zero-order valence-electron chi connectivity index (χ0n) is 29.4. The fourth-order valence-electron chi connectivity index (χ4n) is 6.94. The van der Waals surface area contributed by atoms with Gasteiger partial charge in [-0.05, 0) is 34.9 Å². The molecule has 50 heavy (non-hydrogen) atoms. The van der Waals surface area contributed by atoms with Gasteiger partial charge in [-0.15, -0.1) is 0 Å². The van der Waals surface area contributed by atoms with Crippen LogP contribution < -0.4 is 34.7 Å². The normalized spacial score (nSPS) is 14.9. The number of ketones is 1. The summed E-state index contributed by atoms with van der Waals surface area (Å²) in [6.07, 6.45) is 2.02. The second-order valence-corrected chi connectivity index (χ2v) is 14.1. The van der Waals surface area contributed by atoms with Crippen LogP contribution in [0.1, 0.15) is 60.3 Å². The van der Waals surface area contributed by atoms with E-state index in [-0.39, 0.29) is 46.2 Å². The summed E-state index contributed by atoms with van der Waals surface area (Å²) in [5.74, 6) is 0.913. The monoisotopic (exact) mass is 728 g/mol. The molecule has 1 heterocycles. The maximum absolute atomic E-state index is 12.5. The van der Waals surface area contributed by atoms with Crippen LogP contribution in [0.25, 0.3) is 40.0 Å². The molecule has 0 atom stereocenters. The summed E-state index contributed by atoms with van der Waals surface area (Å²) in [6.45, 7) is 8.77. The van der Waals surface area contributed by atoms with E-state index in [0.717, 1.165) is 62.2 Å². The molecule has 8 rings (SSSR count). The second kappa shape index (κ2) is 15.5. The molecule has 2 aliphatic rings. The molecule has 1 aromatic heterocycles. The molecule has 0 amide bonds. The van der Waals surface area contributed by atoms with Gasteiger partial charge in [-0.25, -0.2) is 9.97 Å². The fourth-order valence-corrected chi connectivity index (χ4v) is 7.34. The number of carbonyl (C=O) groups is 1. The van der Waals surface area contributed by atoms with Crippen LogP contribution in [-0.4, -0.2) is 22.9 Å². The van der Waals surface area contributed by atoms with Gasteiger partial charge in [-0.2, -0.15) is 7.11 Å². The number of hydrogen-bond acceptors (Lipinski definition) is 4. The van der Waals surface area contributed by atoms with E-state index in [0.29, 0.717) is 0 Å². The molecule has 0 spiro atoms. The molecule has 2 aliphatic carbocycles. The van der Waals surface area contributed by atoms with Gasteiger partial charge in [-0.1, -0.05) is 165 Å².